The van der Waals surface area contributed by atoms with Crippen molar-refractivity contribution in [3.63, 3.8) is 0 Å². The molecule has 1 aliphatic rings. The predicted molar refractivity (Wildman–Crippen MR) is 78.7 cm³/mol. The van der Waals surface area contributed by atoms with Crippen LogP contribution >= 0.6 is 0 Å². The number of likely N-dealkylation sites (tertiary alicyclic amines) is 1. The maximum Gasteiger partial charge on any atom is 0.310 e. The summed E-state index contributed by atoms with van der Waals surface area (Å²) in [5.74, 6) is -1.07. The number of carboxylic acids is 1. The van der Waals surface area contributed by atoms with Gasteiger partial charge in [0.25, 0.3) is 0 Å². The van der Waals surface area contributed by atoms with E-state index in [0.29, 0.717) is 25.8 Å². The maximum absolute atomic E-state index is 12.1. The minimum Gasteiger partial charge on any atom is -0.481 e. The Balaban J connectivity index is 2.52. The average molecular weight is 298 g/mol. The van der Waals surface area contributed by atoms with Crippen molar-refractivity contribution in [3.05, 3.63) is 0 Å². The molecule has 0 aliphatic carbocycles. The van der Waals surface area contributed by atoms with E-state index < -0.39 is 11.4 Å². The Morgan fingerprint density at radius 2 is 2.00 bits per heavy atom. The minimum atomic E-state index is -0.993. The van der Waals surface area contributed by atoms with Crippen LogP contribution in [0.3, 0.4) is 0 Å². The maximum atomic E-state index is 12.1. The Kier molecular flexibility index (Phi) is 6.18. The van der Waals surface area contributed by atoms with E-state index in [4.69, 9.17) is 0 Å². The summed E-state index contributed by atoms with van der Waals surface area (Å²) in [5, 5.41) is 12.1. The van der Waals surface area contributed by atoms with Crippen LogP contribution < -0.4 is 5.32 Å². The van der Waals surface area contributed by atoms with Gasteiger partial charge < -0.3 is 15.3 Å². The van der Waals surface area contributed by atoms with Gasteiger partial charge in [-0.3, -0.25) is 14.4 Å². The van der Waals surface area contributed by atoms with E-state index in [2.05, 4.69) is 5.32 Å². The fraction of sp³-hybridized carbons (Fsp3) is 0.800. The quantitative estimate of drug-likeness (QED) is 0.709. The molecule has 0 bridgehead atoms. The Hall–Kier alpha value is -1.59. The van der Waals surface area contributed by atoms with Crippen LogP contribution in [0.25, 0.3) is 0 Å². The highest BCUT2D eigenvalue weighted by Gasteiger charge is 2.37. The van der Waals surface area contributed by atoms with Crippen LogP contribution in [0.15, 0.2) is 0 Å². The van der Waals surface area contributed by atoms with Gasteiger partial charge in [0.2, 0.25) is 11.8 Å². The third-order valence-electron chi connectivity index (χ3n) is 4.38. The highest BCUT2D eigenvalue weighted by Crippen LogP contribution is 2.30. The zero-order valence-electron chi connectivity index (χ0n) is 13.1. The van der Waals surface area contributed by atoms with Gasteiger partial charge in [-0.2, -0.15) is 0 Å². The second kappa shape index (κ2) is 7.43. The van der Waals surface area contributed by atoms with Gasteiger partial charge in [-0.05, 0) is 26.2 Å². The average Bonchev–Trinajstić information content (AvgIpc) is 2.81. The van der Waals surface area contributed by atoms with Crippen molar-refractivity contribution < 1.29 is 19.5 Å². The summed E-state index contributed by atoms with van der Waals surface area (Å²) in [5.41, 5.74) is -0.993. The van der Waals surface area contributed by atoms with Crippen molar-refractivity contribution >= 4 is 17.8 Å². The van der Waals surface area contributed by atoms with E-state index in [-0.39, 0.29) is 24.3 Å². The van der Waals surface area contributed by atoms with E-state index in [1.807, 2.05) is 6.92 Å². The molecule has 0 radical (unpaired) electrons. The molecular formula is C15H26N2O4. The van der Waals surface area contributed by atoms with Crippen LogP contribution in [0.5, 0.6) is 0 Å². The lowest BCUT2D eigenvalue weighted by atomic mass is 9.79. The summed E-state index contributed by atoms with van der Waals surface area (Å²) in [6.07, 6.45) is 2.27. The van der Waals surface area contributed by atoms with Crippen molar-refractivity contribution in [2.24, 2.45) is 5.41 Å². The van der Waals surface area contributed by atoms with Crippen LogP contribution in [0, 0.1) is 5.41 Å². The fourth-order valence-electron chi connectivity index (χ4n) is 2.78. The normalized spacial score (nSPS) is 16.9. The molecule has 1 heterocycles. The van der Waals surface area contributed by atoms with Crippen LogP contribution in [-0.2, 0) is 14.4 Å². The number of hydrogen-bond acceptors (Lipinski definition) is 3. The van der Waals surface area contributed by atoms with Crippen LogP contribution in [0.2, 0.25) is 0 Å². The summed E-state index contributed by atoms with van der Waals surface area (Å²) in [7, 11) is 0. The number of nitrogens with zero attached hydrogens (tertiary/aromatic N) is 1. The molecule has 0 saturated carbocycles. The number of nitrogens with one attached hydrogen (secondary N) is 1. The lowest BCUT2D eigenvalue weighted by Gasteiger charge is -2.27. The number of carboxylic acid groups (broad SMARTS) is 1. The second-order valence-corrected chi connectivity index (χ2v) is 5.88. The third-order valence-corrected chi connectivity index (χ3v) is 4.38. The molecule has 6 nitrogen and oxygen atoms in total. The third kappa shape index (κ3) is 4.44. The Morgan fingerprint density at radius 1 is 1.38 bits per heavy atom. The van der Waals surface area contributed by atoms with E-state index in [0.717, 1.165) is 13.0 Å². The highest BCUT2D eigenvalue weighted by molar-refractivity contribution is 5.85. The number of aliphatic carboxylic acids is 1. The number of carbonyl (C=O) groups excluding carboxylic acids is 2. The van der Waals surface area contributed by atoms with Crippen molar-refractivity contribution in [2.75, 3.05) is 13.1 Å². The Bertz CT molecular complexity index is 404. The van der Waals surface area contributed by atoms with Crippen molar-refractivity contribution in [1.82, 2.24) is 10.2 Å². The number of amides is 2. The molecule has 1 rings (SSSR count). The molecular weight excluding hydrogens is 272 g/mol. The summed E-state index contributed by atoms with van der Waals surface area (Å²) in [4.78, 5) is 36.7. The van der Waals surface area contributed by atoms with E-state index in [9.17, 15) is 19.5 Å². The topological polar surface area (TPSA) is 86.7 Å². The van der Waals surface area contributed by atoms with E-state index >= 15 is 0 Å². The summed E-state index contributed by atoms with van der Waals surface area (Å²) in [6, 6.07) is -0.167. The summed E-state index contributed by atoms with van der Waals surface area (Å²) in [6.45, 7) is 6.64. The minimum absolute atomic E-state index is 0.0202. The summed E-state index contributed by atoms with van der Waals surface area (Å²) >= 11 is 0. The molecule has 0 aromatic heterocycles. The Morgan fingerprint density at radius 3 is 2.43 bits per heavy atom. The Labute approximate surface area is 125 Å². The van der Waals surface area contributed by atoms with Gasteiger partial charge >= 0.3 is 5.97 Å². The molecule has 0 aromatic rings. The molecule has 1 saturated heterocycles. The lowest BCUT2D eigenvalue weighted by Crippen LogP contribution is -2.45. The molecule has 1 fully saturated rings. The van der Waals surface area contributed by atoms with Gasteiger partial charge in [-0.25, -0.2) is 0 Å². The molecule has 0 aromatic carbocycles. The first kappa shape index (κ1) is 17.5. The molecule has 6 heteroatoms. The monoisotopic (exact) mass is 298 g/mol. The lowest BCUT2D eigenvalue weighted by molar-refractivity contribution is -0.152. The first-order valence-electron chi connectivity index (χ1n) is 7.65. The SMILES string of the molecule is CCC(CC)(CC(=O)NC(C)CN1CCCC1=O)C(=O)O. The molecule has 1 unspecified atom stereocenters. The zero-order chi connectivity index (χ0) is 16.0. The zero-order valence-corrected chi connectivity index (χ0v) is 13.1. The van der Waals surface area contributed by atoms with E-state index in [1.165, 1.54) is 0 Å². The van der Waals surface area contributed by atoms with Crippen LogP contribution in [0.1, 0.15) is 52.9 Å². The van der Waals surface area contributed by atoms with E-state index in [1.54, 1.807) is 18.7 Å². The first-order chi connectivity index (χ1) is 9.84. The van der Waals surface area contributed by atoms with Gasteiger partial charge in [0.05, 0.1) is 5.41 Å². The molecule has 1 atom stereocenters. The van der Waals surface area contributed by atoms with Crippen molar-refractivity contribution in [1.29, 1.82) is 0 Å². The van der Waals surface area contributed by atoms with Crippen molar-refractivity contribution in [2.45, 2.75) is 58.9 Å². The van der Waals surface area contributed by atoms with Crippen LogP contribution in [0.4, 0.5) is 0 Å². The molecule has 2 N–H and O–H groups in total. The molecule has 2 amide bonds. The van der Waals surface area contributed by atoms with Gasteiger partial charge in [0.15, 0.2) is 0 Å². The smallest absolute Gasteiger partial charge is 0.310 e. The highest BCUT2D eigenvalue weighted by atomic mass is 16.4. The second-order valence-electron chi connectivity index (χ2n) is 5.88. The van der Waals surface area contributed by atoms with Crippen LogP contribution in [-0.4, -0.2) is 46.9 Å². The first-order valence-corrected chi connectivity index (χ1v) is 7.65. The van der Waals surface area contributed by atoms with Gasteiger partial charge in [0.1, 0.15) is 0 Å². The molecule has 1 aliphatic heterocycles. The molecule has 120 valence electrons. The standard InChI is InChI=1S/C15H26N2O4/c1-4-15(5-2,14(20)21)9-12(18)16-11(3)10-17-8-6-7-13(17)19/h11H,4-10H2,1-3H3,(H,16,18)(H,20,21). The fourth-order valence-corrected chi connectivity index (χ4v) is 2.78. The van der Waals surface area contributed by atoms with Crippen molar-refractivity contribution in [3.8, 4) is 0 Å². The number of rotatable bonds is 8. The predicted octanol–water partition coefficient (Wildman–Crippen LogP) is 1.39. The number of hydrogen-bond donors (Lipinski definition) is 2. The molecule has 0 spiro atoms. The molecule has 21 heavy (non-hydrogen) atoms. The largest absolute Gasteiger partial charge is 0.481 e. The summed E-state index contributed by atoms with van der Waals surface area (Å²) < 4.78 is 0. The van der Waals surface area contributed by atoms with Gasteiger partial charge in [-0.15, -0.1) is 0 Å². The van der Waals surface area contributed by atoms with Gasteiger partial charge in [0, 0.05) is 32.0 Å². The van der Waals surface area contributed by atoms with Gasteiger partial charge in [-0.1, -0.05) is 13.8 Å². The number of carbonyl (C=O) groups is 3.